The fourth-order valence-corrected chi connectivity index (χ4v) is 5.37. The van der Waals surface area contributed by atoms with Crippen LogP contribution in [0.1, 0.15) is 42.5 Å². The van der Waals surface area contributed by atoms with Gasteiger partial charge in [0.1, 0.15) is 22.5 Å². The molecule has 0 radical (unpaired) electrons. The fourth-order valence-electron chi connectivity index (χ4n) is 3.95. The minimum absolute atomic E-state index is 0.231. The minimum atomic E-state index is -0.246. The normalized spacial score (nSPS) is 24.2. The van der Waals surface area contributed by atoms with E-state index in [4.69, 9.17) is 10.7 Å². The summed E-state index contributed by atoms with van der Waals surface area (Å²) in [6.45, 7) is 5.09. The zero-order valence-corrected chi connectivity index (χ0v) is 14.4. The lowest BCUT2D eigenvalue weighted by molar-refractivity contribution is -0.119. The predicted octanol–water partition coefficient (Wildman–Crippen LogP) is 2.58. The van der Waals surface area contributed by atoms with Crippen molar-refractivity contribution < 1.29 is 4.79 Å². The van der Waals surface area contributed by atoms with Gasteiger partial charge < -0.3 is 10.6 Å². The van der Waals surface area contributed by atoms with E-state index in [1.807, 2.05) is 6.92 Å². The lowest BCUT2D eigenvalue weighted by atomic mass is 9.89. The van der Waals surface area contributed by atoms with E-state index in [1.165, 1.54) is 22.2 Å². The van der Waals surface area contributed by atoms with Crippen LogP contribution in [0, 0.1) is 12.8 Å². The molecule has 2 atom stereocenters. The average molecular weight is 330 g/mol. The zero-order chi connectivity index (χ0) is 16.1. The molecule has 2 aliphatic rings. The molecular weight excluding hydrogens is 308 g/mol. The van der Waals surface area contributed by atoms with Gasteiger partial charge in [-0.25, -0.2) is 9.97 Å². The number of aromatic nitrogens is 2. The number of thiophene rings is 1. The van der Waals surface area contributed by atoms with Crippen molar-refractivity contribution in [2.75, 3.05) is 11.4 Å². The molecule has 1 aliphatic heterocycles. The summed E-state index contributed by atoms with van der Waals surface area (Å²) in [5, 5.41) is 1.18. The number of hydrogen-bond acceptors (Lipinski definition) is 5. The standard InChI is InChI=1S/C17H22N4OS/c1-9-5-6-11-13(8-9)23-17-14(11)16(19-10(2)20-17)21-7-3-4-12(21)15(18)22/h9,12H,3-8H2,1-2H3,(H2,18,22)/t9-,12+/m1/s1. The summed E-state index contributed by atoms with van der Waals surface area (Å²) in [7, 11) is 0. The third-order valence-electron chi connectivity index (χ3n) is 5.10. The van der Waals surface area contributed by atoms with Gasteiger partial charge in [-0.05, 0) is 50.5 Å². The molecule has 5 nitrogen and oxygen atoms in total. The second kappa shape index (κ2) is 5.44. The molecule has 0 bridgehead atoms. The first-order valence-electron chi connectivity index (χ1n) is 8.39. The number of aryl methyl sites for hydroxylation is 2. The summed E-state index contributed by atoms with van der Waals surface area (Å²) in [4.78, 5) is 25.9. The molecule has 1 aliphatic carbocycles. The van der Waals surface area contributed by atoms with Crippen LogP contribution in [0.2, 0.25) is 0 Å². The molecule has 2 aromatic rings. The molecule has 0 spiro atoms. The number of fused-ring (bicyclic) bond motifs is 3. The number of carbonyl (C=O) groups is 1. The Morgan fingerprint density at radius 3 is 2.96 bits per heavy atom. The highest BCUT2D eigenvalue weighted by Gasteiger charge is 2.33. The Kier molecular flexibility index (Phi) is 3.52. The highest BCUT2D eigenvalue weighted by atomic mass is 32.1. The number of primary amides is 1. The third-order valence-corrected chi connectivity index (χ3v) is 6.25. The summed E-state index contributed by atoms with van der Waals surface area (Å²) in [5.74, 6) is 2.19. The molecule has 1 saturated heterocycles. The third kappa shape index (κ3) is 2.40. The van der Waals surface area contributed by atoms with Crippen molar-refractivity contribution >= 4 is 33.3 Å². The molecule has 1 fully saturated rings. The van der Waals surface area contributed by atoms with Crippen molar-refractivity contribution in [1.82, 2.24) is 9.97 Å². The molecule has 2 N–H and O–H groups in total. The quantitative estimate of drug-likeness (QED) is 0.918. The van der Waals surface area contributed by atoms with Crippen molar-refractivity contribution in [3.8, 4) is 0 Å². The Balaban J connectivity index is 1.90. The number of anilines is 1. The van der Waals surface area contributed by atoms with E-state index in [-0.39, 0.29) is 11.9 Å². The van der Waals surface area contributed by atoms with E-state index in [0.29, 0.717) is 0 Å². The van der Waals surface area contributed by atoms with Crippen LogP contribution in [0.3, 0.4) is 0 Å². The van der Waals surface area contributed by atoms with Gasteiger partial charge in [-0.1, -0.05) is 6.92 Å². The highest BCUT2D eigenvalue weighted by Crippen LogP contribution is 2.42. The Labute approximate surface area is 139 Å². The summed E-state index contributed by atoms with van der Waals surface area (Å²) in [5.41, 5.74) is 7.03. The molecule has 0 saturated carbocycles. The van der Waals surface area contributed by atoms with Crippen LogP contribution >= 0.6 is 11.3 Å². The Morgan fingerprint density at radius 1 is 1.35 bits per heavy atom. The number of amides is 1. The topological polar surface area (TPSA) is 72.1 Å². The smallest absolute Gasteiger partial charge is 0.240 e. The summed E-state index contributed by atoms with van der Waals surface area (Å²) >= 11 is 1.81. The number of rotatable bonds is 2. The van der Waals surface area contributed by atoms with Crippen LogP contribution < -0.4 is 10.6 Å². The van der Waals surface area contributed by atoms with E-state index >= 15 is 0 Å². The van der Waals surface area contributed by atoms with Gasteiger partial charge in [0.25, 0.3) is 0 Å². The maximum atomic E-state index is 11.8. The van der Waals surface area contributed by atoms with E-state index in [0.717, 1.165) is 54.6 Å². The van der Waals surface area contributed by atoms with Gasteiger partial charge in [-0.15, -0.1) is 11.3 Å². The van der Waals surface area contributed by atoms with Gasteiger partial charge in [-0.2, -0.15) is 0 Å². The van der Waals surface area contributed by atoms with Crippen LogP contribution in [0.4, 0.5) is 5.82 Å². The zero-order valence-electron chi connectivity index (χ0n) is 13.6. The molecule has 122 valence electrons. The van der Waals surface area contributed by atoms with E-state index < -0.39 is 0 Å². The highest BCUT2D eigenvalue weighted by molar-refractivity contribution is 7.19. The molecule has 4 rings (SSSR count). The summed E-state index contributed by atoms with van der Waals surface area (Å²) in [6.07, 6.45) is 5.25. The predicted molar refractivity (Wildman–Crippen MR) is 92.9 cm³/mol. The van der Waals surface area contributed by atoms with Crippen molar-refractivity contribution in [2.24, 2.45) is 11.7 Å². The molecule has 1 amide bonds. The van der Waals surface area contributed by atoms with Gasteiger partial charge in [0.2, 0.25) is 5.91 Å². The van der Waals surface area contributed by atoms with Gasteiger partial charge in [0.15, 0.2) is 0 Å². The fraction of sp³-hybridized carbons (Fsp3) is 0.588. The van der Waals surface area contributed by atoms with Crippen LogP contribution in [-0.4, -0.2) is 28.5 Å². The molecule has 3 heterocycles. The SMILES string of the molecule is Cc1nc(N2CCC[C@H]2C(N)=O)c2c3c(sc2n1)C[C@H](C)CC3. The Hall–Kier alpha value is -1.69. The van der Waals surface area contributed by atoms with E-state index in [1.54, 1.807) is 11.3 Å². The second-order valence-electron chi connectivity index (χ2n) is 6.88. The maximum Gasteiger partial charge on any atom is 0.240 e. The Bertz CT molecular complexity index is 784. The van der Waals surface area contributed by atoms with E-state index in [9.17, 15) is 4.79 Å². The summed E-state index contributed by atoms with van der Waals surface area (Å²) < 4.78 is 0. The molecule has 0 unspecified atom stereocenters. The van der Waals surface area contributed by atoms with Gasteiger partial charge in [0, 0.05) is 11.4 Å². The number of carbonyl (C=O) groups excluding carboxylic acids is 1. The van der Waals surface area contributed by atoms with Crippen molar-refractivity contribution in [3.63, 3.8) is 0 Å². The molecule has 2 aromatic heterocycles. The van der Waals surface area contributed by atoms with Crippen molar-refractivity contribution in [3.05, 3.63) is 16.3 Å². The number of nitrogens with two attached hydrogens (primary N) is 1. The van der Waals surface area contributed by atoms with Gasteiger partial charge in [-0.3, -0.25) is 4.79 Å². The van der Waals surface area contributed by atoms with Crippen LogP contribution in [0.5, 0.6) is 0 Å². The summed E-state index contributed by atoms with van der Waals surface area (Å²) in [6, 6.07) is -0.231. The average Bonchev–Trinajstić information content (AvgIpc) is 3.09. The molecule has 0 aromatic carbocycles. The second-order valence-corrected chi connectivity index (χ2v) is 7.96. The van der Waals surface area contributed by atoms with Crippen LogP contribution in [0.25, 0.3) is 10.2 Å². The first-order valence-corrected chi connectivity index (χ1v) is 9.21. The van der Waals surface area contributed by atoms with Gasteiger partial charge in [0.05, 0.1) is 5.39 Å². The van der Waals surface area contributed by atoms with E-state index in [2.05, 4.69) is 16.8 Å². The Morgan fingerprint density at radius 2 is 2.17 bits per heavy atom. The largest absolute Gasteiger partial charge is 0.368 e. The number of hydrogen-bond donors (Lipinski definition) is 1. The van der Waals surface area contributed by atoms with Gasteiger partial charge >= 0.3 is 0 Å². The molecule has 23 heavy (non-hydrogen) atoms. The maximum absolute atomic E-state index is 11.8. The van der Waals surface area contributed by atoms with Crippen LogP contribution in [0.15, 0.2) is 0 Å². The number of nitrogens with zero attached hydrogens (tertiary/aromatic N) is 3. The molecular formula is C17H22N4OS. The monoisotopic (exact) mass is 330 g/mol. The first-order chi connectivity index (χ1) is 11.0. The van der Waals surface area contributed by atoms with Crippen LogP contribution in [-0.2, 0) is 17.6 Å². The minimum Gasteiger partial charge on any atom is -0.368 e. The lowest BCUT2D eigenvalue weighted by Gasteiger charge is -2.25. The van der Waals surface area contributed by atoms with Crippen molar-refractivity contribution in [2.45, 2.75) is 52.0 Å². The molecule has 6 heteroatoms. The first kappa shape index (κ1) is 14.9. The lowest BCUT2D eigenvalue weighted by Crippen LogP contribution is -2.41. The van der Waals surface area contributed by atoms with Crippen molar-refractivity contribution in [1.29, 1.82) is 0 Å².